The first kappa shape index (κ1) is 5.48. The third kappa shape index (κ3) is 0.715. The average Bonchev–Trinajstić information content (AvgIpc) is 2.35. The number of aliphatic hydroxyl groups excluding tert-OH is 1. The molecule has 0 aromatic heterocycles. The SMILES string of the molecule is OC1CCC2CCC=C12. The van der Waals surface area contributed by atoms with Crippen LogP contribution in [-0.2, 0) is 0 Å². The Morgan fingerprint density at radius 2 is 2.22 bits per heavy atom. The van der Waals surface area contributed by atoms with Crippen molar-refractivity contribution in [1.82, 2.24) is 0 Å². The molecule has 1 N–H and O–H groups in total. The quantitative estimate of drug-likeness (QED) is 0.485. The molecular weight excluding hydrogens is 112 g/mol. The van der Waals surface area contributed by atoms with Crippen molar-refractivity contribution < 1.29 is 5.11 Å². The molecule has 2 aliphatic carbocycles. The van der Waals surface area contributed by atoms with Crippen molar-refractivity contribution in [1.29, 1.82) is 0 Å². The lowest BCUT2D eigenvalue weighted by Gasteiger charge is -2.03. The van der Waals surface area contributed by atoms with E-state index < -0.39 is 0 Å². The van der Waals surface area contributed by atoms with E-state index in [1.807, 2.05) is 0 Å². The van der Waals surface area contributed by atoms with Crippen LogP contribution in [-0.4, -0.2) is 11.2 Å². The Hall–Kier alpha value is -0.300. The van der Waals surface area contributed by atoms with Crippen LogP contribution in [0.1, 0.15) is 25.7 Å². The summed E-state index contributed by atoms with van der Waals surface area (Å²) in [6.07, 6.45) is 6.90. The van der Waals surface area contributed by atoms with Crippen LogP contribution in [0.4, 0.5) is 0 Å². The van der Waals surface area contributed by atoms with Crippen LogP contribution < -0.4 is 0 Å². The van der Waals surface area contributed by atoms with E-state index in [1.165, 1.54) is 24.8 Å². The second-order valence-corrected chi connectivity index (χ2v) is 3.07. The van der Waals surface area contributed by atoms with Crippen molar-refractivity contribution in [2.24, 2.45) is 5.92 Å². The summed E-state index contributed by atoms with van der Waals surface area (Å²) in [7, 11) is 0. The van der Waals surface area contributed by atoms with Gasteiger partial charge < -0.3 is 5.11 Å². The lowest BCUT2D eigenvalue weighted by Crippen LogP contribution is -2.02. The Morgan fingerprint density at radius 3 is 3.00 bits per heavy atom. The lowest BCUT2D eigenvalue weighted by atomic mass is 10.1. The summed E-state index contributed by atoms with van der Waals surface area (Å²) in [5.74, 6) is 0.764. The van der Waals surface area contributed by atoms with Gasteiger partial charge in [0.25, 0.3) is 0 Å². The van der Waals surface area contributed by atoms with Crippen LogP contribution in [0, 0.1) is 5.92 Å². The van der Waals surface area contributed by atoms with Crippen molar-refractivity contribution in [3.8, 4) is 0 Å². The molecule has 50 valence electrons. The lowest BCUT2D eigenvalue weighted by molar-refractivity contribution is 0.217. The second kappa shape index (κ2) is 1.84. The highest BCUT2D eigenvalue weighted by atomic mass is 16.3. The van der Waals surface area contributed by atoms with Gasteiger partial charge in [-0.3, -0.25) is 0 Å². The van der Waals surface area contributed by atoms with Gasteiger partial charge in [0.2, 0.25) is 0 Å². The van der Waals surface area contributed by atoms with Crippen LogP contribution >= 0.6 is 0 Å². The molecule has 0 heterocycles. The summed E-state index contributed by atoms with van der Waals surface area (Å²) in [5, 5.41) is 9.33. The largest absolute Gasteiger partial charge is 0.389 e. The standard InChI is InChI=1S/C8H12O/c9-8-5-4-6-2-1-3-7(6)8/h3,6,8-9H,1-2,4-5H2. The minimum atomic E-state index is -0.0718. The molecule has 1 saturated carbocycles. The van der Waals surface area contributed by atoms with E-state index >= 15 is 0 Å². The Balaban J connectivity index is 2.22. The van der Waals surface area contributed by atoms with Crippen molar-refractivity contribution >= 4 is 0 Å². The van der Waals surface area contributed by atoms with Gasteiger partial charge in [-0.2, -0.15) is 0 Å². The second-order valence-electron chi connectivity index (χ2n) is 3.07. The fourth-order valence-corrected chi connectivity index (χ4v) is 2.03. The van der Waals surface area contributed by atoms with Gasteiger partial charge in [0.1, 0.15) is 0 Å². The Labute approximate surface area is 55.4 Å². The summed E-state index contributed by atoms with van der Waals surface area (Å²) in [4.78, 5) is 0. The Morgan fingerprint density at radius 1 is 1.33 bits per heavy atom. The molecule has 0 amide bonds. The molecule has 2 atom stereocenters. The number of rotatable bonds is 0. The molecule has 1 nitrogen and oxygen atoms in total. The van der Waals surface area contributed by atoms with Gasteiger partial charge in [-0.05, 0) is 37.2 Å². The van der Waals surface area contributed by atoms with E-state index in [9.17, 15) is 5.11 Å². The van der Waals surface area contributed by atoms with Gasteiger partial charge in [-0.15, -0.1) is 0 Å². The molecule has 9 heavy (non-hydrogen) atoms. The maximum Gasteiger partial charge on any atom is 0.0753 e. The van der Waals surface area contributed by atoms with E-state index in [0.29, 0.717) is 0 Å². The first-order valence-corrected chi connectivity index (χ1v) is 3.76. The highest BCUT2D eigenvalue weighted by molar-refractivity contribution is 5.21. The molecule has 1 heteroatoms. The minimum absolute atomic E-state index is 0.0718. The maximum absolute atomic E-state index is 9.33. The van der Waals surface area contributed by atoms with Crippen molar-refractivity contribution in [3.63, 3.8) is 0 Å². The fourth-order valence-electron chi connectivity index (χ4n) is 2.03. The van der Waals surface area contributed by atoms with Crippen LogP contribution in [0.5, 0.6) is 0 Å². The normalized spacial score (nSPS) is 40.8. The van der Waals surface area contributed by atoms with Crippen molar-refractivity contribution in [2.75, 3.05) is 0 Å². The number of allylic oxidation sites excluding steroid dienone is 1. The monoisotopic (exact) mass is 124 g/mol. The zero-order valence-electron chi connectivity index (χ0n) is 5.51. The third-order valence-corrected chi connectivity index (χ3v) is 2.54. The molecule has 0 bridgehead atoms. The number of hydrogen-bond acceptors (Lipinski definition) is 1. The van der Waals surface area contributed by atoms with E-state index in [2.05, 4.69) is 6.08 Å². The van der Waals surface area contributed by atoms with E-state index in [1.54, 1.807) is 0 Å². The molecule has 2 unspecified atom stereocenters. The predicted molar refractivity (Wildman–Crippen MR) is 36.0 cm³/mol. The Kier molecular flexibility index (Phi) is 1.12. The van der Waals surface area contributed by atoms with Crippen LogP contribution in [0.2, 0.25) is 0 Å². The van der Waals surface area contributed by atoms with Crippen LogP contribution in [0.15, 0.2) is 11.6 Å². The fraction of sp³-hybridized carbons (Fsp3) is 0.750. The zero-order valence-corrected chi connectivity index (χ0v) is 5.51. The van der Waals surface area contributed by atoms with Crippen molar-refractivity contribution in [3.05, 3.63) is 11.6 Å². The van der Waals surface area contributed by atoms with Crippen molar-refractivity contribution in [2.45, 2.75) is 31.8 Å². The van der Waals surface area contributed by atoms with Gasteiger partial charge in [-0.25, -0.2) is 0 Å². The topological polar surface area (TPSA) is 20.2 Å². The molecule has 0 aromatic carbocycles. The minimum Gasteiger partial charge on any atom is -0.389 e. The molecule has 0 aromatic rings. The number of aliphatic hydroxyl groups is 1. The summed E-state index contributed by atoms with van der Waals surface area (Å²) < 4.78 is 0. The maximum atomic E-state index is 9.33. The Bertz CT molecular complexity index is 149. The molecule has 2 aliphatic rings. The molecule has 0 spiro atoms. The van der Waals surface area contributed by atoms with E-state index in [4.69, 9.17) is 0 Å². The average molecular weight is 124 g/mol. The number of hydrogen-bond donors (Lipinski definition) is 1. The van der Waals surface area contributed by atoms with E-state index in [0.717, 1.165) is 12.3 Å². The van der Waals surface area contributed by atoms with Crippen LogP contribution in [0.25, 0.3) is 0 Å². The van der Waals surface area contributed by atoms with Gasteiger partial charge in [0.05, 0.1) is 6.10 Å². The molecule has 0 aliphatic heterocycles. The molecule has 0 radical (unpaired) electrons. The first-order chi connectivity index (χ1) is 4.38. The highest BCUT2D eigenvalue weighted by Gasteiger charge is 2.30. The highest BCUT2D eigenvalue weighted by Crippen LogP contribution is 2.39. The summed E-state index contributed by atoms with van der Waals surface area (Å²) in [5.41, 5.74) is 1.34. The smallest absolute Gasteiger partial charge is 0.0753 e. The summed E-state index contributed by atoms with van der Waals surface area (Å²) >= 11 is 0. The first-order valence-electron chi connectivity index (χ1n) is 3.76. The van der Waals surface area contributed by atoms with Gasteiger partial charge in [0, 0.05) is 0 Å². The molecular formula is C8H12O. The molecule has 1 fully saturated rings. The van der Waals surface area contributed by atoms with Gasteiger partial charge in [-0.1, -0.05) is 6.08 Å². The summed E-state index contributed by atoms with van der Waals surface area (Å²) in [6.45, 7) is 0. The van der Waals surface area contributed by atoms with Gasteiger partial charge >= 0.3 is 0 Å². The van der Waals surface area contributed by atoms with E-state index in [-0.39, 0.29) is 6.10 Å². The molecule has 0 saturated heterocycles. The summed E-state index contributed by atoms with van der Waals surface area (Å²) in [6, 6.07) is 0. The third-order valence-electron chi connectivity index (χ3n) is 2.54. The predicted octanol–water partition coefficient (Wildman–Crippen LogP) is 1.48. The van der Waals surface area contributed by atoms with Gasteiger partial charge in [0.15, 0.2) is 0 Å². The molecule has 2 rings (SSSR count). The number of fused-ring (bicyclic) bond motifs is 1. The zero-order chi connectivity index (χ0) is 6.27. The van der Waals surface area contributed by atoms with Crippen LogP contribution in [0.3, 0.4) is 0 Å².